The van der Waals surface area contributed by atoms with Gasteiger partial charge in [0.1, 0.15) is 0 Å². The zero-order chi connectivity index (χ0) is 14.0. The molecule has 0 aliphatic heterocycles. The summed E-state index contributed by atoms with van der Waals surface area (Å²) in [6, 6.07) is -0.307. The van der Waals surface area contributed by atoms with E-state index in [0.717, 1.165) is 21.3 Å². The van der Waals surface area contributed by atoms with E-state index in [1.54, 1.807) is 29.3 Å². The van der Waals surface area contributed by atoms with Crippen LogP contribution >= 0.6 is 22.9 Å². The summed E-state index contributed by atoms with van der Waals surface area (Å²) in [7, 11) is 1.65. The van der Waals surface area contributed by atoms with Crippen molar-refractivity contribution in [1.29, 1.82) is 0 Å². The number of nitrogens with zero attached hydrogens (tertiary/aromatic N) is 3. The molecule has 104 valence electrons. The number of hydrogen-bond acceptors (Lipinski definition) is 5. The third-order valence-electron chi connectivity index (χ3n) is 2.86. The van der Waals surface area contributed by atoms with E-state index in [1.807, 2.05) is 13.8 Å². The van der Waals surface area contributed by atoms with E-state index in [-0.39, 0.29) is 6.04 Å². The molecule has 0 aromatic carbocycles. The molecule has 0 spiro atoms. The molecular formula is C12H17ClN4OS. The number of rotatable bonds is 5. The number of halogens is 1. The van der Waals surface area contributed by atoms with Crippen LogP contribution in [0.4, 0.5) is 0 Å². The highest BCUT2D eigenvalue weighted by Gasteiger charge is 2.22. The first-order valence-electron chi connectivity index (χ1n) is 5.94. The number of methoxy groups -OCH3 is 1. The Balaban J connectivity index is 2.35. The fraction of sp³-hybridized carbons (Fsp3) is 0.500. The van der Waals surface area contributed by atoms with E-state index in [4.69, 9.17) is 22.1 Å². The van der Waals surface area contributed by atoms with E-state index in [1.165, 1.54) is 0 Å². The smallest absolute Gasteiger partial charge is 0.0900 e. The van der Waals surface area contributed by atoms with Crippen LogP contribution in [0.15, 0.2) is 6.20 Å². The minimum Gasteiger partial charge on any atom is -0.383 e. The van der Waals surface area contributed by atoms with Gasteiger partial charge in [0, 0.05) is 7.11 Å². The van der Waals surface area contributed by atoms with E-state index >= 15 is 0 Å². The number of aryl methyl sites for hydroxylation is 2. The van der Waals surface area contributed by atoms with E-state index in [0.29, 0.717) is 18.2 Å². The molecule has 0 aliphatic rings. The lowest BCUT2D eigenvalue weighted by molar-refractivity contribution is 0.182. The van der Waals surface area contributed by atoms with E-state index < -0.39 is 0 Å². The molecule has 2 N–H and O–H groups in total. The zero-order valence-corrected chi connectivity index (χ0v) is 12.8. The third-order valence-corrected chi connectivity index (χ3v) is 4.30. The first kappa shape index (κ1) is 14.5. The van der Waals surface area contributed by atoms with E-state index in [9.17, 15) is 0 Å². The Bertz CT molecular complexity index is 566. The Morgan fingerprint density at radius 3 is 2.84 bits per heavy atom. The van der Waals surface area contributed by atoms with Gasteiger partial charge in [0.25, 0.3) is 0 Å². The van der Waals surface area contributed by atoms with Crippen molar-refractivity contribution in [2.75, 3.05) is 13.7 Å². The third kappa shape index (κ3) is 2.97. The molecule has 0 radical (unpaired) electrons. The summed E-state index contributed by atoms with van der Waals surface area (Å²) in [6.45, 7) is 5.13. The molecular weight excluding hydrogens is 284 g/mol. The summed E-state index contributed by atoms with van der Waals surface area (Å²) in [5, 5.41) is 5.82. The molecule has 5 nitrogen and oxygen atoms in total. The average molecular weight is 301 g/mol. The lowest BCUT2D eigenvalue weighted by atomic mass is 10.1. The molecule has 2 rings (SSSR count). The van der Waals surface area contributed by atoms with Gasteiger partial charge in [-0.15, -0.1) is 11.3 Å². The van der Waals surface area contributed by atoms with Gasteiger partial charge in [-0.3, -0.25) is 4.68 Å². The summed E-state index contributed by atoms with van der Waals surface area (Å²) in [5.41, 5.74) is 8.09. The first-order chi connectivity index (χ1) is 9.04. The Morgan fingerprint density at radius 2 is 2.26 bits per heavy atom. The lowest BCUT2D eigenvalue weighted by Crippen LogP contribution is -2.19. The highest BCUT2D eigenvalue weighted by atomic mass is 35.5. The number of ether oxygens (including phenoxy) is 1. The molecule has 0 saturated carbocycles. The van der Waals surface area contributed by atoms with Gasteiger partial charge in [0.05, 0.1) is 51.7 Å². The fourth-order valence-electron chi connectivity index (χ4n) is 2.00. The van der Waals surface area contributed by atoms with Gasteiger partial charge < -0.3 is 10.5 Å². The summed E-state index contributed by atoms with van der Waals surface area (Å²) < 4.78 is 6.87. The second-order valence-electron chi connectivity index (χ2n) is 4.25. The van der Waals surface area contributed by atoms with Crippen LogP contribution in [0, 0.1) is 13.8 Å². The van der Waals surface area contributed by atoms with Crippen LogP contribution in [0.1, 0.15) is 27.3 Å². The first-order valence-corrected chi connectivity index (χ1v) is 7.13. The Labute approximate surface area is 121 Å². The van der Waals surface area contributed by atoms with Gasteiger partial charge in [0.15, 0.2) is 0 Å². The normalized spacial score (nSPS) is 12.9. The van der Waals surface area contributed by atoms with Crippen molar-refractivity contribution in [2.24, 2.45) is 5.73 Å². The summed E-state index contributed by atoms with van der Waals surface area (Å²) in [6.07, 6.45) is 1.62. The molecule has 2 heterocycles. The second kappa shape index (κ2) is 6.00. The molecule has 1 atom stereocenters. The molecule has 2 aromatic rings. The van der Waals surface area contributed by atoms with Crippen LogP contribution < -0.4 is 5.73 Å². The molecule has 0 fully saturated rings. The standard InChI is InChI=1S/C12H17ClN4OS/c1-7-12(19-8(2)16-7)10(14)11-9(13)6-15-17(11)4-5-18-3/h6,10H,4-5,14H2,1-3H3. The minimum absolute atomic E-state index is 0.307. The van der Waals surface area contributed by atoms with Crippen molar-refractivity contribution in [1.82, 2.24) is 14.8 Å². The second-order valence-corrected chi connectivity index (χ2v) is 5.90. The molecule has 0 aliphatic carbocycles. The van der Waals surface area contributed by atoms with Crippen molar-refractivity contribution < 1.29 is 4.74 Å². The highest BCUT2D eigenvalue weighted by Crippen LogP contribution is 2.31. The number of nitrogens with two attached hydrogens (primary N) is 1. The molecule has 7 heteroatoms. The van der Waals surface area contributed by atoms with Gasteiger partial charge in [-0.2, -0.15) is 5.10 Å². The highest BCUT2D eigenvalue weighted by molar-refractivity contribution is 7.11. The van der Waals surface area contributed by atoms with Crippen LogP contribution in [0.25, 0.3) is 0 Å². The Hall–Kier alpha value is -0.950. The van der Waals surface area contributed by atoms with Crippen LogP contribution in [0.3, 0.4) is 0 Å². The molecule has 1 unspecified atom stereocenters. The van der Waals surface area contributed by atoms with Crippen molar-refractivity contribution in [3.05, 3.63) is 32.5 Å². The molecule has 2 aromatic heterocycles. The number of thiazole rings is 1. The number of hydrogen-bond donors (Lipinski definition) is 1. The summed E-state index contributed by atoms with van der Waals surface area (Å²) in [5.74, 6) is 0. The largest absolute Gasteiger partial charge is 0.383 e. The van der Waals surface area contributed by atoms with Gasteiger partial charge in [0.2, 0.25) is 0 Å². The fourth-order valence-corrected chi connectivity index (χ4v) is 3.19. The Kier molecular flexibility index (Phi) is 4.57. The maximum atomic E-state index is 6.33. The monoisotopic (exact) mass is 300 g/mol. The van der Waals surface area contributed by atoms with Crippen molar-refractivity contribution in [3.63, 3.8) is 0 Å². The van der Waals surface area contributed by atoms with E-state index in [2.05, 4.69) is 10.1 Å². The molecule has 0 saturated heterocycles. The lowest BCUT2D eigenvalue weighted by Gasteiger charge is -2.14. The summed E-state index contributed by atoms with van der Waals surface area (Å²) in [4.78, 5) is 5.43. The Morgan fingerprint density at radius 1 is 1.53 bits per heavy atom. The van der Waals surface area contributed by atoms with Crippen LogP contribution in [-0.2, 0) is 11.3 Å². The molecule has 19 heavy (non-hydrogen) atoms. The SMILES string of the molecule is COCCn1ncc(Cl)c1C(N)c1sc(C)nc1C. The van der Waals surface area contributed by atoms with Gasteiger partial charge in [-0.25, -0.2) is 4.98 Å². The van der Waals surface area contributed by atoms with Gasteiger partial charge >= 0.3 is 0 Å². The van der Waals surface area contributed by atoms with Crippen molar-refractivity contribution in [2.45, 2.75) is 26.4 Å². The van der Waals surface area contributed by atoms with Crippen LogP contribution in [-0.4, -0.2) is 28.5 Å². The zero-order valence-electron chi connectivity index (χ0n) is 11.2. The van der Waals surface area contributed by atoms with Crippen molar-refractivity contribution in [3.8, 4) is 0 Å². The van der Waals surface area contributed by atoms with Gasteiger partial charge in [-0.05, 0) is 13.8 Å². The van der Waals surface area contributed by atoms with Crippen LogP contribution in [0.2, 0.25) is 5.02 Å². The van der Waals surface area contributed by atoms with Gasteiger partial charge in [-0.1, -0.05) is 11.6 Å². The minimum atomic E-state index is -0.307. The predicted molar refractivity (Wildman–Crippen MR) is 76.7 cm³/mol. The molecule has 0 amide bonds. The topological polar surface area (TPSA) is 66.0 Å². The predicted octanol–water partition coefficient (Wildman–Crippen LogP) is 2.30. The van der Waals surface area contributed by atoms with Crippen LogP contribution in [0.5, 0.6) is 0 Å². The average Bonchev–Trinajstić information content (AvgIpc) is 2.89. The quantitative estimate of drug-likeness (QED) is 0.920. The van der Waals surface area contributed by atoms with Crippen molar-refractivity contribution >= 4 is 22.9 Å². The number of aromatic nitrogens is 3. The summed E-state index contributed by atoms with van der Waals surface area (Å²) >= 11 is 7.80. The maximum absolute atomic E-state index is 6.33. The molecule has 0 bridgehead atoms. The maximum Gasteiger partial charge on any atom is 0.0900 e.